The third kappa shape index (κ3) is 7.22. The third-order valence-corrected chi connectivity index (χ3v) is 6.76. The summed E-state index contributed by atoms with van der Waals surface area (Å²) < 4.78 is 11.3. The number of piperazine rings is 1. The molecule has 1 aromatic rings. The molecule has 2 saturated heterocycles. The number of nitrogens with zero attached hydrogens (tertiary/aromatic N) is 3. The molecule has 168 valence electrons. The van der Waals surface area contributed by atoms with Crippen LogP contribution in [0.1, 0.15) is 39.2 Å². The van der Waals surface area contributed by atoms with Crippen LogP contribution in [0.5, 0.6) is 0 Å². The van der Waals surface area contributed by atoms with Crippen LogP contribution in [0.4, 0.5) is 10.5 Å². The van der Waals surface area contributed by atoms with Gasteiger partial charge in [0.05, 0.1) is 0 Å². The highest BCUT2D eigenvalue weighted by Crippen LogP contribution is 2.25. The number of piperidine rings is 1. The smallest absolute Gasteiger partial charge is 0.410 e. The predicted octanol–water partition coefficient (Wildman–Crippen LogP) is 4.89. The van der Waals surface area contributed by atoms with Gasteiger partial charge < -0.3 is 19.3 Å². The van der Waals surface area contributed by atoms with Crippen molar-refractivity contribution in [3.8, 4) is 0 Å². The topological polar surface area (TPSA) is 48.0 Å². The van der Waals surface area contributed by atoms with Crippen LogP contribution in [0.25, 0.3) is 0 Å². The fraction of sp³-hybridized carbons (Fsp3) is 0.682. The fourth-order valence-corrected chi connectivity index (χ4v) is 4.88. The summed E-state index contributed by atoms with van der Waals surface area (Å²) in [6.07, 6.45) is 1.95. The molecule has 0 saturated carbocycles. The van der Waals surface area contributed by atoms with Crippen LogP contribution >= 0.6 is 23.7 Å². The third-order valence-electron chi connectivity index (χ3n) is 5.59. The Morgan fingerprint density at radius 1 is 1.17 bits per heavy atom. The van der Waals surface area contributed by atoms with Gasteiger partial charge in [-0.1, -0.05) is 11.6 Å². The largest absolute Gasteiger partial charge is 0.444 e. The fourth-order valence-electron chi connectivity index (χ4n) is 3.85. The molecule has 1 N–H and O–H groups in total. The Balaban J connectivity index is 1.34. The van der Waals surface area contributed by atoms with E-state index in [1.807, 2.05) is 43.9 Å². The summed E-state index contributed by atoms with van der Waals surface area (Å²) in [6.45, 7) is 14.8. The van der Waals surface area contributed by atoms with Crippen molar-refractivity contribution < 1.29 is 9.53 Å². The van der Waals surface area contributed by atoms with Gasteiger partial charge in [0.25, 0.3) is 0 Å². The van der Waals surface area contributed by atoms with Crippen molar-refractivity contribution in [1.29, 1.82) is 0 Å². The van der Waals surface area contributed by atoms with Crippen LogP contribution in [0.3, 0.4) is 0 Å². The van der Waals surface area contributed by atoms with E-state index < -0.39 is 5.60 Å². The van der Waals surface area contributed by atoms with Gasteiger partial charge in [-0.3, -0.25) is 0 Å². The minimum absolute atomic E-state index is 0.171. The predicted molar refractivity (Wildman–Crippen MR) is 126 cm³/mol. The molecule has 0 aliphatic carbocycles. The highest BCUT2D eigenvalue weighted by Gasteiger charge is 2.28. The molecular weight excluding hydrogens is 420 g/mol. The Morgan fingerprint density at radius 2 is 1.83 bits per heavy atom. The molecule has 2 aliphatic rings. The number of rotatable bonds is 5. The number of benzene rings is 1. The Bertz CT molecular complexity index is 712. The molecular formula is C22H35ClN4O2S. The highest BCUT2D eigenvalue weighted by molar-refractivity contribution is 7.98. The molecule has 0 atom stereocenters. The molecule has 0 spiro atoms. The van der Waals surface area contributed by atoms with Gasteiger partial charge in [-0.2, -0.15) is 0 Å². The van der Waals surface area contributed by atoms with Crippen molar-refractivity contribution >= 4 is 35.5 Å². The minimum Gasteiger partial charge on any atom is -0.444 e. The first kappa shape index (κ1) is 23.5. The maximum atomic E-state index is 12.2. The zero-order chi connectivity index (χ0) is 21.7. The first-order valence-corrected chi connectivity index (χ1v) is 12.0. The monoisotopic (exact) mass is 454 g/mol. The van der Waals surface area contributed by atoms with E-state index in [1.54, 1.807) is 12.1 Å². The summed E-state index contributed by atoms with van der Waals surface area (Å²) in [7, 11) is 0. The van der Waals surface area contributed by atoms with Crippen molar-refractivity contribution in [2.24, 2.45) is 5.92 Å². The summed E-state index contributed by atoms with van der Waals surface area (Å²) in [5, 5.41) is 0.772. The Labute approximate surface area is 190 Å². The van der Waals surface area contributed by atoms with E-state index >= 15 is 0 Å². The number of halogens is 1. The zero-order valence-electron chi connectivity index (χ0n) is 18.6. The number of ether oxygens (including phenoxy) is 1. The normalized spacial score (nSPS) is 19.7. The van der Waals surface area contributed by atoms with E-state index in [1.165, 1.54) is 0 Å². The quantitative estimate of drug-likeness (QED) is 0.639. The number of amides is 1. The van der Waals surface area contributed by atoms with Crippen molar-refractivity contribution in [2.45, 2.75) is 46.1 Å². The minimum atomic E-state index is -0.424. The second kappa shape index (κ2) is 10.4. The van der Waals surface area contributed by atoms with Crippen LogP contribution in [0.15, 0.2) is 18.2 Å². The standard InChI is InChI=1S/C22H35ClN4O2S/c1-17-15-19(23)5-6-20(17)24-30-27-13-11-25(12-14-27)16-18-7-9-26(10-8-18)21(28)29-22(2,3)4/h5-6,15,18,24H,7-14,16H2,1-4H3. The molecule has 1 amide bonds. The summed E-state index contributed by atoms with van der Waals surface area (Å²) >= 11 is 7.72. The molecule has 2 aliphatic heterocycles. The Kier molecular flexibility index (Phi) is 8.18. The lowest BCUT2D eigenvalue weighted by atomic mass is 9.96. The molecule has 2 heterocycles. The van der Waals surface area contributed by atoms with E-state index in [-0.39, 0.29) is 6.09 Å². The maximum Gasteiger partial charge on any atom is 0.410 e. The van der Waals surface area contributed by atoms with Crippen LogP contribution < -0.4 is 4.72 Å². The van der Waals surface area contributed by atoms with Crippen molar-refractivity contribution in [1.82, 2.24) is 14.1 Å². The number of hydrogen-bond acceptors (Lipinski definition) is 6. The number of likely N-dealkylation sites (tertiary alicyclic amines) is 1. The lowest BCUT2D eigenvalue weighted by Gasteiger charge is -2.38. The zero-order valence-corrected chi connectivity index (χ0v) is 20.2. The first-order valence-electron chi connectivity index (χ1n) is 10.8. The Morgan fingerprint density at radius 3 is 2.43 bits per heavy atom. The van der Waals surface area contributed by atoms with E-state index in [2.05, 4.69) is 20.9 Å². The first-order chi connectivity index (χ1) is 14.2. The summed E-state index contributed by atoms with van der Waals surface area (Å²) in [6, 6.07) is 5.94. The van der Waals surface area contributed by atoms with Crippen molar-refractivity contribution in [2.75, 3.05) is 50.5 Å². The summed E-state index contributed by atoms with van der Waals surface area (Å²) in [5.41, 5.74) is 1.85. The highest BCUT2D eigenvalue weighted by atomic mass is 35.5. The van der Waals surface area contributed by atoms with Crippen molar-refractivity contribution in [3.63, 3.8) is 0 Å². The van der Waals surface area contributed by atoms with Gasteiger partial charge in [0.1, 0.15) is 5.60 Å². The molecule has 0 unspecified atom stereocenters. The van der Waals surface area contributed by atoms with Gasteiger partial charge in [-0.15, -0.1) is 0 Å². The lowest BCUT2D eigenvalue weighted by Crippen LogP contribution is -2.48. The average Bonchev–Trinajstić information content (AvgIpc) is 2.68. The molecule has 3 rings (SSSR count). The molecule has 0 radical (unpaired) electrons. The van der Waals surface area contributed by atoms with E-state index in [4.69, 9.17) is 16.3 Å². The number of carbonyl (C=O) groups is 1. The van der Waals surface area contributed by atoms with Gasteiger partial charge >= 0.3 is 6.09 Å². The second-order valence-electron chi connectivity index (χ2n) is 9.29. The van der Waals surface area contributed by atoms with Crippen molar-refractivity contribution in [3.05, 3.63) is 28.8 Å². The van der Waals surface area contributed by atoms with Gasteiger partial charge in [0.15, 0.2) is 0 Å². The molecule has 1 aromatic carbocycles. The SMILES string of the molecule is Cc1cc(Cl)ccc1NSN1CCN(CC2CCN(C(=O)OC(C)(C)C)CC2)CC1. The number of aryl methyl sites for hydroxylation is 1. The van der Waals surface area contributed by atoms with Crippen LogP contribution in [0.2, 0.25) is 5.02 Å². The van der Waals surface area contributed by atoms with Gasteiger partial charge in [-0.05, 0) is 70.2 Å². The molecule has 0 aromatic heterocycles. The lowest BCUT2D eigenvalue weighted by molar-refractivity contribution is 0.0165. The van der Waals surface area contributed by atoms with E-state index in [0.29, 0.717) is 5.92 Å². The number of anilines is 1. The molecule has 8 heteroatoms. The summed E-state index contributed by atoms with van der Waals surface area (Å²) in [5.74, 6) is 0.665. The maximum absolute atomic E-state index is 12.2. The van der Waals surface area contributed by atoms with E-state index in [0.717, 1.165) is 74.9 Å². The summed E-state index contributed by atoms with van der Waals surface area (Å²) in [4.78, 5) is 16.7. The molecule has 2 fully saturated rings. The van der Waals surface area contributed by atoms with Crippen LogP contribution in [0, 0.1) is 12.8 Å². The molecule has 0 bridgehead atoms. The molecule has 30 heavy (non-hydrogen) atoms. The van der Waals surface area contributed by atoms with Crippen LogP contribution in [-0.4, -0.2) is 71.6 Å². The number of hydrogen-bond donors (Lipinski definition) is 1. The number of carbonyl (C=O) groups excluding carboxylic acids is 1. The van der Waals surface area contributed by atoms with Crippen LogP contribution in [-0.2, 0) is 4.74 Å². The van der Waals surface area contributed by atoms with E-state index in [9.17, 15) is 4.79 Å². The van der Waals surface area contributed by atoms with Gasteiger partial charge in [0, 0.05) is 68.7 Å². The van der Waals surface area contributed by atoms with Gasteiger partial charge in [0.2, 0.25) is 0 Å². The van der Waals surface area contributed by atoms with Gasteiger partial charge in [-0.25, -0.2) is 9.10 Å². The average molecular weight is 455 g/mol. The number of nitrogens with one attached hydrogen (secondary N) is 1. The second-order valence-corrected chi connectivity index (χ2v) is 10.6. The molecule has 6 nitrogen and oxygen atoms in total. The Hall–Kier alpha value is -1.15.